The Hall–Kier alpha value is -2.68. The highest BCUT2D eigenvalue weighted by Gasteiger charge is 2.26. The Balaban J connectivity index is 1.54. The zero-order valence-electron chi connectivity index (χ0n) is 17.7. The Labute approximate surface area is 177 Å². The van der Waals surface area contributed by atoms with Crippen LogP contribution in [0.4, 0.5) is 5.69 Å². The zero-order valence-corrected chi connectivity index (χ0v) is 17.7. The van der Waals surface area contributed by atoms with Crippen LogP contribution < -0.4 is 10.6 Å². The second-order valence-corrected chi connectivity index (χ2v) is 7.95. The third-order valence-electron chi connectivity index (χ3n) is 5.35. The van der Waals surface area contributed by atoms with Crippen LogP contribution in [0.3, 0.4) is 0 Å². The van der Waals surface area contributed by atoms with Gasteiger partial charge < -0.3 is 15.5 Å². The average molecular weight is 417 g/mol. The first kappa shape index (κ1) is 22.0. The molecule has 0 radical (unpaired) electrons. The number of carbonyl (C=O) groups is 1. The summed E-state index contributed by atoms with van der Waals surface area (Å²) in [5, 5.41) is 17.3. The molecule has 164 valence electrons. The summed E-state index contributed by atoms with van der Waals surface area (Å²) in [7, 11) is 0. The third kappa shape index (κ3) is 6.98. The summed E-state index contributed by atoms with van der Waals surface area (Å²) in [6.45, 7) is 7.22. The highest BCUT2D eigenvalue weighted by Crippen LogP contribution is 2.18. The van der Waals surface area contributed by atoms with Gasteiger partial charge in [0.15, 0.2) is 5.96 Å². The second-order valence-electron chi connectivity index (χ2n) is 7.95. The summed E-state index contributed by atoms with van der Waals surface area (Å²) in [6, 6.07) is 6.93. The first-order valence-corrected chi connectivity index (χ1v) is 10.8. The van der Waals surface area contributed by atoms with Crippen LogP contribution in [0.2, 0.25) is 0 Å². The number of guanidine groups is 1. The molecule has 2 aliphatic rings. The normalized spacial score (nSPS) is 17.6. The van der Waals surface area contributed by atoms with Gasteiger partial charge in [-0.3, -0.25) is 19.8 Å². The van der Waals surface area contributed by atoms with Gasteiger partial charge in [0.1, 0.15) is 0 Å². The molecule has 1 heterocycles. The van der Waals surface area contributed by atoms with Crippen LogP contribution in [0.1, 0.15) is 38.2 Å². The quantitative estimate of drug-likeness (QED) is 0.209. The molecule has 0 atom stereocenters. The Morgan fingerprint density at radius 2 is 1.90 bits per heavy atom. The molecule has 2 fully saturated rings. The lowest BCUT2D eigenvalue weighted by Gasteiger charge is -2.36. The number of hydrogen-bond acceptors (Lipinski definition) is 5. The summed E-state index contributed by atoms with van der Waals surface area (Å²) in [4.78, 5) is 31.6. The van der Waals surface area contributed by atoms with Crippen LogP contribution in [-0.2, 0) is 11.3 Å². The second kappa shape index (κ2) is 10.9. The van der Waals surface area contributed by atoms with E-state index in [9.17, 15) is 14.9 Å². The van der Waals surface area contributed by atoms with E-state index in [4.69, 9.17) is 4.99 Å². The minimum absolute atomic E-state index is 0.0888. The van der Waals surface area contributed by atoms with Gasteiger partial charge in [0.05, 0.1) is 18.0 Å². The first-order valence-electron chi connectivity index (χ1n) is 10.8. The van der Waals surface area contributed by atoms with E-state index in [0.717, 1.165) is 69.9 Å². The van der Waals surface area contributed by atoms with Crippen molar-refractivity contribution >= 4 is 17.6 Å². The molecule has 1 saturated carbocycles. The van der Waals surface area contributed by atoms with Crippen molar-refractivity contribution in [1.82, 2.24) is 20.4 Å². The molecule has 1 amide bonds. The van der Waals surface area contributed by atoms with Gasteiger partial charge >= 0.3 is 0 Å². The van der Waals surface area contributed by atoms with E-state index < -0.39 is 4.92 Å². The fraction of sp³-hybridized carbons (Fsp3) is 0.619. The van der Waals surface area contributed by atoms with Crippen LogP contribution in [0.5, 0.6) is 0 Å². The van der Waals surface area contributed by atoms with E-state index in [-0.39, 0.29) is 11.6 Å². The molecule has 0 aromatic heterocycles. The van der Waals surface area contributed by atoms with Crippen LogP contribution in [0, 0.1) is 10.1 Å². The largest absolute Gasteiger partial charge is 0.356 e. The number of nitrogens with zero attached hydrogens (tertiary/aromatic N) is 4. The number of piperazine rings is 1. The molecule has 2 N–H and O–H groups in total. The van der Waals surface area contributed by atoms with E-state index in [1.807, 2.05) is 0 Å². The summed E-state index contributed by atoms with van der Waals surface area (Å²) in [5.41, 5.74) is 1.02. The number of non-ortho nitro benzene ring substituents is 1. The van der Waals surface area contributed by atoms with Gasteiger partial charge in [-0.2, -0.15) is 0 Å². The van der Waals surface area contributed by atoms with Crippen molar-refractivity contribution in [2.75, 3.05) is 39.3 Å². The lowest BCUT2D eigenvalue weighted by atomic mass is 10.2. The van der Waals surface area contributed by atoms with Crippen molar-refractivity contribution < 1.29 is 9.72 Å². The number of aliphatic imine (C=N–C) groups is 1. The van der Waals surface area contributed by atoms with E-state index >= 15 is 0 Å². The SMILES string of the molecule is CCCCNC(=NCc1ccc([N+](=O)[O-])cc1)N1CCN(CC(=O)NC2CC2)CC1. The molecule has 1 aliphatic carbocycles. The van der Waals surface area contributed by atoms with Gasteiger partial charge in [-0.15, -0.1) is 0 Å². The molecule has 3 rings (SSSR count). The average Bonchev–Trinajstić information content (AvgIpc) is 3.55. The highest BCUT2D eigenvalue weighted by molar-refractivity contribution is 5.80. The first-order chi connectivity index (χ1) is 14.5. The highest BCUT2D eigenvalue weighted by atomic mass is 16.6. The summed E-state index contributed by atoms with van der Waals surface area (Å²) >= 11 is 0. The molecule has 30 heavy (non-hydrogen) atoms. The number of nitro groups is 1. The fourth-order valence-electron chi connectivity index (χ4n) is 3.36. The van der Waals surface area contributed by atoms with Crippen molar-refractivity contribution in [2.24, 2.45) is 4.99 Å². The lowest BCUT2D eigenvalue weighted by Crippen LogP contribution is -2.54. The molecule has 9 heteroatoms. The molecular formula is C21H32N6O3. The van der Waals surface area contributed by atoms with Crippen molar-refractivity contribution in [3.63, 3.8) is 0 Å². The van der Waals surface area contributed by atoms with E-state index in [1.54, 1.807) is 12.1 Å². The van der Waals surface area contributed by atoms with Gasteiger partial charge in [0, 0.05) is 50.9 Å². The maximum Gasteiger partial charge on any atom is 0.269 e. The minimum atomic E-state index is -0.394. The maximum absolute atomic E-state index is 12.0. The van der Waals surface area contributed by atoms with Crippen LogP contribution in [0.15, 0.2) is 29.3 Å². The molecule has 1 aliphatic heterocycles. The Kier molecular flexibility index (Phi) is 8.01. The zero-order chi connectivity index (χ0) is 21.3. The fourth-order valence-corrected chi connectivity index (χ4v) is 3.36. The van der Waals surface area contributed by atoms with Crippen LogP contribution in [-0.4, -0.2) is 71.9 Å². The van der Waals surface area contributed by atoms with Crippen LogP contribution >= 0.6 is 0 Å². The van der Waals surface area contributed by atoms with E-state index in [1.165, 1.54) is 12.1 Å². The molecular weight excluding hydrogens is 384 g/mol. The van der Waals surface area contributed by atoms with Crippen molar-refractivity contribution in [2.45, 2.75) is 45.2 Å². The predicted octanol–water partition coefficient (Wildman–Crippen LogP) is 1.74. The number of carbonyl (C=O) groups excluding carboxylic acids is 1. The number of hydrogen-bond donors (Lipinski definition) is 2. The Morgan fingerprint density at radius 1 is 1.20 bits per heavy atom. The number of rotatable bonds is 9. The number of amides is 1. The number of unbranched alkanes of at least 4 members (excludes halogenated alkanes) is 1. The van der Waals surface area contributed by atoms with Crippen molar-refractivity contribution in [3.8, 4) is 0 Å². The van der Waals surface area contributed by atoms with Gasteiger partial charge in [-0.05, 0) is 24.8 Å². The topological polar surface area (TPSA) is 103 Å². The van der Waals surface area contributed by atoms with Gasteiger partial charge in [0.25, 0.3) is 5.69 Å². The molecule has 9 nitrogen and oxygen atoms in total. The molecule has 0 unspecified atom stereocenters. The lowest BCUT2D eigenvalue weighted by molar-refractivity contribution is -0.384. The monoisotopic (exact) mass is 416 g/mol. The van der Waals surface area contributed by atoms with E-state index in [0.29, 0.717) is 19.1 Å². The molecule has 1 saturated heterocycles. The Morgan fingerprint density at radius 3 is 2.50 bits per heavy atom. The van der Waals surface area contributed by atoms with Gasteiger partial charge in [-0.25, -0.2) is 4.99 Å². The number of nitro benzene ring substituents is 1. The van der Waals surface area contributed by atoms with Crippen molar-refractivity contribution in [3.05, 3.63) is 39.9 Å². The molecule has 0 spiro atoms. The molecule has 1 aromatic carbocycles. The Bertz CT molecular complexity index is 740. The van der Waals surface area contributed by atoms with Gasteiger partial charge in [0.2, 0.25) is 5.91 Å². The number of nitrogens with one attached hydrogen (secondary N) is 2. The third-order valence-corrected chi connectivity index (χ3v) is 5.35. The predicted molar refractivity (Wildman–Crippen MR) is 116 cm³/mol. The van der Waals surface area contributed by atoms with E-state index in [2.05, 4.69) is 27.4 Å². The maximum atomic E-state index is 12.0. The molecule has 1 aromatic rings. The van der Waals surface area contributed by atoms with Crippen LogP contribution in [0.25, 0.3) is 0 Å². The number of benzene rings is 1. The van der Waals surface area contributed by atoms with Crippen molar-refractivity contribution in [1.29, 1.82) is 0 Å². The van der Waals surface area contributed by atoms with Gasteiger partial charge in [-0.1, -0.05) is 25.5 Å². The molecule has 0 bridgehead atoms. The summed E-state index contributed by atoms with van der Waals surface area (Å²) in [6.07, 6.45) is 4.39. The summed E-state index contributed by atoms with van der Waals surface area (Å²) in [5.74, 6) is 0.989. The standard InChI is InChI=1S/C21H32N6O3/c1-2-3-10-22-21(23-15-17-4-8-19(9-5-17)27(29)30)26-13-11-25(12-14-26)16-20(28)24-18-6-7-18/h4-5,8-9,18H,2-3,6-7,10-16H2,1H3,(H,22,23)(H,24,28). The summed E-state index contributed by atoms with van der Waals surface area (Å²) < 4.78 is 0. The minimum Gasteiger partial charge on any atom is -0.356 e. The smallest absolute Gasteiger partial charge is 0.269 e.